The molecule has 4 nitrogen and oxygen atoms in total. The van der Waals surface area contributed by atoms with Gasteiger partial charge in [0, 0.05) is 16.9 Å². The van der Waals surface area contributed by atoms with E-state index in [1.54, 1.807) is 24.4 Å². The van der Waals surface area contributed by atoms with Crippen LogP contribution in [0, 0.1) is 5.82 Å². The molecule has 2 aromatic carbocycles. The van der Waals surface area contributed by atoms with Crippen molar-refractivity contribution in [3.05, 3.63) is 60.5 Å². The minimum Gasteiger partial charge on any atom is -0.423 e. The summed E-state index contributed by atoms with van der Waals surface area (Å²) in [6, 6.07) is 13.6. The average molecular weight is 269 g/mol. The third-order valence-electron chi connectivity index (χ3n) is 2.77. The second kappa shape index (κ2) is 5.05. The van der Waals surface area contributed by atoms with Crippen LogP contribution in [0.2, 0.25) is 0 Å². The summed E-state index contributed by atoms with van der Waals surface area (Å²) in [6.07, 6.45) is 1.61. The van der Waals surface area contributed by atoms with E-state index < -0.39 is 0 Å². The van der Waals surface area contributed by atoms with Crippen LogP contribution in [0.5, 0.6) is 0 Å². The lowest BCUT2D eigenvalue weighted by Crippen LogP contribution is -1.89. The molecule has 5 heteroatoms. The number of benzene rings is 2. The van der Waals surface area contributed by atoms with Crippen molar-refractivity contribution in [3.8, 4) is 11.3 Å². The van der Waals surface area contributed by atoms with E-state index in [-0.39, 0.29) is 5.82 Å². The molecular weight excluding hydrogens is 257 g/mol. The summed E-state index contributed by atoms with van der Waals surface area (Å²) in [4.78, 5) is 4.13. The highest BCUT2D eigenvalue weighted by Crippen LogP contribution is 2.25. The van der Waals surface area contributed by atoms with Crippen molar-refractivity contribution in [1.29, 1.82) is 0 Å². The highest BCUT2D eigenvalue weighted by Gasteiger charge is 2.06. The van der Waals surface area contributed by atoms with Crippen molar-refractivity contribution in [2.75, 3.05) is 11.1 Å². The number of anilines is 3. The fraction of sp³-hybridized carbons (Fsp3) is 0. The van der Waals surface area contributed by atoms with Gasteiger partial charge >= 0.3 is 0 Å². The number of nitrogens with two attached hydrogens (primary N) is 1. The topological polar surface area (TPSA) is 64.1 Å². The van der Waals surface area contributed by atoms with Gasteiger partial charge in [-0.3, -0.25) is 0 Å². The summed E-state index contributed by atoms with van der Waals surface area (Å²) in [5.41, 5.74) is 7.94. The van der Waals surface area contributed by atoms with Gasteiger partial charge in [-0.1, -0.05) is 12.1 Å². The summed E-state index contributed by atoms with van der Waals surface area (Å²) < 4.78 is 18.4. The van der Waals surface area contributed by atoms with Gasteiger partial charge in [0.05, 0.1) is 6.20 Å². The number of aromatic nitrogens is 1. The molecule has 1 aromatic heterocycles. The Hall–Kier alpha value is -2.82. The van der Waals surface area contributed by atoms with Crippen molar-refractivity contribution in [3.63, 3.8) is 0 Å². The van der Waals surface area contributed by atoms with Gasteiger partial charge in [0.1, 0.15) is 5.82 Å². The van der Waals surface area contributed by atoms with Gasteiger partial charge in [0.2, 0.25) is 0 Å². The summed E-state index contributed by atoms with van der Waals surface area (Å²) in [5.74, 6) is 0.324. The predicted octanol–water partition coefficient (Wildman–Crippen LogP) is 3.81. The first-order valence-corrected chi connectivity index (χ1v) is 6.05. The number of rotatable bonds is 3. The van der Waals surface area contributed by atoms with E-state index in [0.717, 1.165) is 5.56 Å². The predicted molar refractivity (Wildman–Crippen MR) is 76.0 cm³/mol. The molecule has 3 aromatic rings. The monoisotopic (exact) mass is 269 g/mol. The molecule has 20 heavy (non-hydrogen) atoms. The highest BCUT2D eigenvalue weighted by atomic mass is 19.1. The number of nitrogen functional groups attached to an aromatic ring is 1. The van der Waals surface area contributed by atoms with Crippen molar-refractivity contribution in [1.82, 2.24) is 4.98 Å². The number of nitrogens with zero attached hydrogens (tertiary/aromatic N) is 1. The van der Waals surface area contributed by atoms with Gasteiger partial charge in [-0.2, -0.15) is 0 Å². The molecule has 0 aliphatic rings. The lowest BCUT2D eigenvalue weighted by molar-refractivity contribution is 0.592. The van der Waals surface area contributed by atoms with E-state index in [2.05, 4.69) is 10.3 Å². The minimum absolute atomic E-state index is 0.289. The molecule has 3 N–H and O–H groups in total. The minimum atomic E-state index is -0.289. The van der Waals surface area contributed by atoms with Crippen molar-refractivity contribution in [2.24, 2.45) is 0 Å². The SMILES string of the molecule is Nc1cccc(-c2cnc(Nc3ccc(F)cc3)o2)c1. The Morgan fingerprint density at radius 1 is 1.10 bits per heavy atom. The van der Waals surface area contributed by atoms with E-state index in [1.807, 2.05) is 18.2 Å². The Balaban J connectivity index is 1.82. The summed E-state index contributed by atoms with van der Waals surface area (Å²) in [6.45, 7) is 0. The molecule has 0 bridgehead atoms. The number of hydrogen-bond donors (Lipinski definition) is 2. The first kappa shape index (κ1) is 12.2. The molecule has 0 unspecified atom stereocenters. The summed E-state index contributed by atoms with van der Waals surface area (Å²) >= 11 is 0. The van der Waals surface area contributed by atoms with Gasteiger partial charge in [-0.05, 0) is 36.4 Å². The average Bonchev–Trinajstić information content (AvgIpc) is 2.90. The van der Waals surface area contributed by atoms with Crippen LogP contribution >= 0.6 is 0 Å². The lowest BCUT2D eigenvalue weighted by Gasteiger charge is -2.01. The van der Waals surface area contributed by atoms with Gasteiger partial charge in [-0.15, -0.1) is 0 Å². The quantitative estimate of drug-likeness (QED) is 0.710. The smallest absolute Gasteiger partial charge is 0.299 e. The first-order chi connectivity index (χ1) is 9.70. The van der Waals surface area contributed by atoms with Crippen LogP contribution in [0.1, 0.15) is 0 Å². The first-order valence-electron chi connectivity index (χ1n) is 6.05. The Morgan fingerprint density at radius 3 is 2.65 bits per heavy atom. The maximum atomic E-state index is 12.8. The van der Waals surface area contributed by atoms with Gasteiger partial charge in [-0.25, -0.2) is 9.37 Å². The van der Waals surface area contributed by atoms with Crippen LogP contribution in [0.15, 0.2) is 59.1 Å². The maximum Gasteiger partial charge on any atom is 0.299 e. The Kier molecular flexibility index (Phi) is 3.09. The largest absolute Gasteiger partial charge is 0.423 e. The van der Waals surface area contributed by atoms with E-state index >= 15 is 0 Å². The number of hydrogen-bond acceptors (Lipinski definition) is 4. The van der Waals surface area contributed by atoms with Crippen LogP contribution in [0.3, 0.4) is 0 Å². The number of nitrogens with one attached hydrogen (secondary N) is 1. The Labute approximate surface area is 115 Å². The number of halogens is 1. The summed E-state index contributed by atoms with van der Waals surface area (Å²) in [7, 11) is 0. The van der Waals surface area contributed by atoms with E-state index in [4.69, 9.17) is 10.2 Å². The molecule has 0 fully saturated rings. The lowest BCUT2D eigenvalue weighted by atomic mass is 10.2. The zero-order valence-corrected chi connectivity index (χ0v) is 10.5. The number of oxazole rings is 1. The van der Waals surface area contributed by atoms with Crippen LogP contribution in [0.4, 0.5) is 21.8 Å². The zero-order chi connectivity index (χ0) is 13.9. The standard InChI is InChI=1S/C15H12FN3O/c16-11-4-6-13(7-5-11)19-15-18-9-14(20-15)10-2-1-3-12(17)8-10/h1-9H,17H2,(H,18,19). The van der Waals surface area contributed by atoms with Crippen molar-refractivity contribution >= 4 is 17.4 Å². The van der Waals surface area contributed by atoms with E-state index in [1.165, 1.54) is 12.1 Å². The molecular formula is C15H12FN3O. The second-order valence-electron chi connectivity index (χ2n) is 4.29. The second-order valence-corrected chi connectivity index (χ2v) is 4.29. The Morgan fingerprint density at radius 2 is 1.90 bits per heavy atom. The normalized spacial score (nSPS) is 10.4. The molecule has 0 saturated heterocycles. The third-order valence-corrected chi connectivity index (χ3v) is 2.77. The molecule has 0 spiro atoms. The Bertz CT molecular complexity index is 722. The van der Waals surface area contributed by atoms with E-state index in [0.29, 0.717) is 23.1 Å². The molecule has 0 atom stereocenters. The molecule has 0 aliphatic heterocycles. The van der Waals surface area contributed by atoms with Crippen LogP contribution in [-0.2, 0) is 0 Å². The van der Waals surface area contributed by atoms with Crippen LogP contribution in [0.25, 0.3) is 11.3 Å². The fourth-order valence-corrected chi connectivity index (χ4v) is 1.81. The van der Waals surface area contributed by atoms with Crippen LogP contribution in [-0.4, -0.2) is 4.98 Å². The van der Waals surface area contributed by atoms with E-state index in [9.17, 15) is 4.39 Å². The molecule has 100 valence electrons. The van der Waals surface area contributed by atoms with Gasteiger partial charge < -0.3 is 15.5 Å². The van der Waals surface area contributed by atoms with Crippen molar-refractivity contribution < 1.29 is 8.81 Å². The zero-order valence-electron chi connectivity index (χ0n) is 10.5. The van der Waals surface area contributed by atoms with Gasteiger partial charge in [0.15, 0.2) is 5.76 Å². The highest BCUT2D eigenvalue weighted by molar-refractivity contribution is 5.63. The third kappa shape index (κ3) is 2.61. The summed E-state index contributed by atoms with van der Waals surface area (Å²) in [5, 5.41) is 2.96. The maximum absolute atomic E-state index is 12.8. The molecule has 0 saturated carbocycles. The molecule has 1 heterocycles. The molecule has 0 radical (unpaired) electrons. The van der Waals surface area contributed by atoms with Crippen molar-refractivity contribution in [2.45, 2.75) is 0 Å². The molecule has 3 rings (SSSR count). The fourth-order valence-electron chi connectivity index (χ4n) is 1.81. The molecule has 0 amide bonds. The van der Waals surface area contributed by atoms with Crippen LogP contribution < -0.4 is 11.1 Å². The van der Waals surface area contributed by atoms with Gasteiger partial charge in [0.25, 0.3) is 6.01 Å². The molecule has 0 aliphatic carbocycles.